The van der Waals surface area contributed by atoms with E-state index >= 15 is 0 Å². The predicted octanol–water partition coefficient (Wildman–Crippen LogP) is 4.00. The van der Waals surface area contributed by atoms with Gasteiger partial charge in [-0.15, -0.1) is 11.3 Å². The van der Waals surface area contributed by atoms with Crippen molar-refractivity contribution in [3.63, 3.8) is 0 Å². The van der Waals surface area contributed by atoms with E-state index < -0.39 is 5.56 Å². The maximum Gasteiger partial charge on any atom is 0.289 e. The summed E-state index contributed by atoms with van der Waals surface area (Å²) in [6.45, 7) is 3.51. The fraction of sp³-hybridized carbons (Fsp3) is 0.111. The van der Waals surface area contributed by atoms with E-state index in [1.54, 1.807) is 19.9 Å². The number of rotatable bonds is 3. The highest BCUT2D eigenvalue weighted by Crippen LogP contribution is 2.24. The number of hydrogen-bond donors (Lipinski definition) is 0. The second-order valence-electron chi connectivity index (χ2n) is 5.40. The molecule has 0 N–H and O–H groups in total. The van der Waals surface area contributed by atoms with Crippen molar-refractivity contribution in [3.8, 4) is 16.6 Å². The van der Waals surface area contributed by atoms with Crippen LogP contribution in [0.15, 0.2) is 45.6 Å². The molecule has 0 atom stereocenters. The molecule has 3 rings (SSSR count). The van der Waals surface area contributed by atoms with Crippen LogP contribution in [-0.2, 0) is 0 Å². The topological polar surface area (TPSA) is 71.0 Å². The fourth-order valence-corrected chi connectivity index (χ4v) is 3.25. The van der Waals surface area contributed by atoms with Crippen LogP contribution in [0.2, 0.25) is 5.02 Å². The summed E-state index contributed by atoms with van der Waals surface area (Å²) in [5.74, 6) is 0. The Morgan fingerprint density at radius 1 is 1.32 bits per heavy atom. The van der Waals surface area contributed by atoms with E-state index in [2.05, 4.69) is 10.1 Å². The zero-order chi connectivity index (χ0) is 18.0. The van der Waals surface area contributed by atoms with Gasteiger partial charge in [-0.25, -0.2) is 9.66 Å². The van der Waals surface area contributed by atoms with Gasteiger partial charge in [0.25, 0.3) is 5.56 Å². The van der Waals surface area contributed by atoms with Crippen molar-refractivity contribution in [2.75, 3.05) is 0 Å². The molecule has 5 nitrogen and oxygen atoms in total. The Hall–Kier alpha value is -2.75. The van der Waals surface area contributed by atoms with Gasteiger partial charge in [0, 0.05) is 21.7 Å². The molecule has 0 bridgehead atoms. The lowest BCUT2D eigenvalue weighted by atomic mass is 10.1. The molecule has 25 heavy (non-hydrogen) atoms. The minimum atomic E-state index is -0.426. The Morgan fingerprint density at radius 2 is 2.04 bits per heavy atom. The van der Waals surface area contributed by atoms with Gasteiger partial charge < -0.3 is 0 Å². The van der Waals surface area contributed by atoms with Crippen LogP contribution in [0.5, 0.6) is 0 Å². The first kappa shape index (κ1) is 17.1. The normalized spacial score (nSPS) is 11.0. The molecule has 0 saturated carbocycles. The highest BCUT2D eigenvalue weighted by molar-refractivity contribution is 7.13. The summed E-state index contributed by atoms with van der Waals surface area (Å²) < 4.78 is 1.22. The zero-order valence-corrected chi connectivity index (χ0v) is 15.1. The van der Waals surface area contributed by atoms with Crippen molar-refractivity contribution >= 4 is 29.2 Å². The van der Waals surface area contributed by atoms with Gasteiger partial charge >= 0.3 is 0 Å². The largest absolute Gasteiger partial charge is 0.289 e. The molecule has 0 aliphatic carbocycles. The average Bonchev–Trinajstić information content (AvgIpc) is 3.04. The Kier molecular flexibility index (Phi) is 4.79. The number of pyridine rings is 1. The molecule has 0 aliphatic heterocycles. The summed E-state index contributed by atoms with van der Waals surface area (Å²) in [6.07, 6.45) is 1.51. The molecule has 0 saturated heterocycles. The molecule has 0 radical (unpaired) electrons. The van der Waals surface area contributed by atoms with E-state index in [0.717, 1.165) is 10.6 Å². The van der Waals surface area contributed by atoms with Crippen molar-refractivity contribution in [2.45, 2.75) is 13.8 Å². The fourth-order valence-electron chi connectivity index (χ4n) is 2.35. The minimum absolute atomic E-state index is 0.0999. The van der Waals surface area contributed by atoms with Crippen molar-refractivity contribution < 1.29 is 0 Å². The van der Waals surface area contributed by atoms with Gasteiger partial charge in [0.05, 0.1) is 11.9 Å². The van der Waals surface area contributed by atoms with Crippen molar-refractivity contribution in [1.82, 2.24) is 9.66 Å². The Morgan fingerprint density at radius 3 is 2.72 bits per heavy atom. The number of nitriles is 1. The van der Waals surface area contributed by atoms with E-state index in [0.29, 0.717) is 22.0 Å². The monoisotopic (exact) mass is 368 g/mol. The highest BCUT2D eigenvalue weighted by Gasteiger charge is 2.09. The van der Waals surface area contributed by atoms with Gasteiger partial charge in [-0.1, -0.05) is 23.7 Å². The van der Waals surface area contributed by atoms with E-state index in [9.17, 15) is 4.79 Å². The molecule has 0 amide bonds. The van der Waals surface area contributed by atoms with Crippen LogP contribution < -0.4 is 5.56 Å². The molecule has 2 aromatic heterocycles. The molecule has 0 unspecified atom stereocenters. The number of thiazole rings is 1. The number of hydrogen-bond acceptors (Lipinski definition) is 5. The first-order valence-electron chi connectivity index (χ1n) is 7.39. The van der Waals surface area contributed by atoms with E-state index in [4.69, 9.17) is 16.9 Å². The Bertz CT molecular complexity index is 1060. The van der Waals surface area contributed by atoms with Gasteiger partial charge in [0.2, 0.25) is 0 Å². The molecule has 7 heteroatoms. The summed E-state index contributed by atoms with van der Waals surface area (Å²) in [4.78, 5) is 16.8. The summed E-state index contributed by atoms with van der Waals surface area (Å²) >= 11 is 7.37. The average molecular weight is 369 g/mol. The first-order chi connectivity index (χ1) is 12.0. The van der Waals surface area contributed by atoms with E-state index in [-0.39, 0.29) is 5.56 Å². The Labute approximate surface area is 153 Å². The van der Waals surface area contributed by atoms with Crippen LogP contribution in [-0.4, -0.2) is 15.9 Å². The summed E-state index contributed by atoms with van der Waals surface area (Å²) in [5.41, 5.74) is 2.58. The molecule has 1 aromatic carbocycles. The lowest BCUT2D eigenvalue weighted by Gasteiger charge is -2.05. The lowest BCUT2D eigenvalue weighted by Crippen LogP contribution is -2.22. The third kappa shape index (κ3) is 3.53. The quantitative estimate of drug-likeness (QED) is 0.656. The summed E-state index contributed by atoms with van der Waals surface area (Å²) in [5, 5.41) is 16.7. The minimum Gasteiger partial charge on any atom is -0.266 e. The molecular formula is C18H13ClN4OS. The second-order valence-corrected chi connectivity index (χ2v) is 6.70. The Balaban J connectivity index is 1.93. The van der Waals surface area contributed by atoms with Gasteiger partial charge in [0.15, 0.2) is 0 Å². The number of halogens is 1. The smallest absolute Gasteiger partial charge is 0.266 e. The number of aromatic nitrogens is 2. The van der Waals surface area contributed by atoms with Crippen molar-refractivity contribution in [1.29, 1.82) is 5.26 Å². The van der Waals surface area contributed by atoms with Crippen LogP contribution in [0, 0.1) is 25.2 Å². The highest BCUT2D eigenvalue weighted by atomic mass is 35.5. The zero-order valence-electron chi connectivity index (χ0n) is 13.5. The molecule has 0 aliphatic rings. The molecular weight excluding hydrogens is 356 g/mol. The summed E-state index contributed by atoms with van der Waals surface area (Å²) in [6, 6.07) is 11.1. The lowest BCUT2D eigenvalue weighted by molar-refractivity contribution is 0.786. The molecule has 2 heterocycles. The third-order valence-electron chi connectivity index (χ3n) is 3.59. The van der Waals surface area contributed by atoms with Gasteiger partial charge in [-0.3, -0.25) is 4.79 Å². The predicted molar refractivity (Wildman–Crippen MR) is 100 cm³/mol. The number of nitrogens with zero attached hydrogens (tertiary/aromatic N) is 4. The second kappa shape index (κ2) is 7.01. The van der Waals surface area contributed by atoms with Crippen molar-refractivity contribution in [3.05, 3.63) is 73.6 Å². The van der Waals surface area contributed by atoms with Crippen LogP contribution in [0.25, 0.3) is 10.6 Å². The number of aryl methyl sites for hydroxylation is 2. The summed E-state index contributed by atoms with van der Waals surface area (Å²) in [7, 11) is 0. The van der Waals surface area contributed by atoms with Crippen LogP contribution >= 0.6 is 22.9 Å². The van der Waals surface area contributed by atoms with Crippen LogP contribution in [0.4, 0.5) is 0 Å². The molecule has 0 spiro atoms. The van der Waals surface area contributed by atoms with E-state index in [1.807, 2.05) is 35.7 Å². The van der Waals surface area contributed by atoms with Crippen molar-refractivity contribution in [2.24, 2.45) is 5.10 Å². The standard InChI is InChI=1S/C18H13ClN4OS/c1-11-7-12(2)23(18(24)16(11)8-20)21-9-15-10-25-17(22-15)13-3-5-14(19)6-4-13/h3-7,9-10H,1-2H3/b21-9-. The van der Waals surface area contributed by atoms with E-state index in [1.165, 1.54) is 22.2 Å². The maximum atomic E-state index is 12.3. The number of benzene rings is 1. The SMILES string of the molecule is Cc1cc(C)n(/N=C\c2csc(-c3ccc(Cl)cc3)n2)c(=O)c1C#N. The third-order valence-corrected chi connectivity index (χ3v) is 4.75. The molecule has 3 aromatic rings. The van der Waals surface area contributed by atoms with Crippen LogP contribution in [0.1, 0.15) is 22.5 Å². The molecule has 0 fully saturated rings. The van der Waals surface area contributed by atoms with Gasteiger partial charge in [0.1, 0.15) is 16.6 Å². The molecule has 124 valence electrons. The maximum absolute atomic E-state index is 12.3. The van der Waals surface area contributed by atoms with Gasteiger partial charge in [-0.05, 0) is 37.6 Å². The first-order valence-corrected chi connectivity index (χ1v) is 8.64. The van der Waals surface area contributed by atoms with Gasteiger partial charge in [-0.2, -0.15) is 10.4 Å². The van der Waals surface area contributed by atoms with Crippen LogP contribution in [0.3, 0.4) is 0 Å².